The number of amides is 1. The fourth-order valence-corrected chi connectivity index (χ4v) is 1.53. The van der Waals surface area contributed by atoms with Gasteiger partial charge < -0.3 is 15.1 Å². The van der Waals surface area contributed by atoms with Crippen LogP contribution in [0, 0.1) is 11.8 Å². The van der Waals surface area contributed by atoms with Crippen LogP contribution >= 0.6 is 0 Å². The second-order valence-corrected chi connectivity index (χ2v) is 5.08. The van der Waals surface area contributed by atoms with Crippen molar-refractivity contribution in [3.63, 3.8) is 0 Å². The summed E-state index contributed by atoms with van der Waals surface area (Å²) in [7, 11) is 0. The molecule has 0 saturated heterocycles. The number of hydrogen-bond acceptors (Lipinski definition) is 3. The number of hydrogen-bond donors (Lipinski definition) is 2. The van der Waals surface area contributed by atoms with E-state index in [2.05, 4.69) is 0 Å². The van der Waals surface area contributed by atoms with Crippen molar-refractivity contribution in [2.45, 2.75) is 40.2 Å². The zero-order valence-corrected chi connectivity index (χ0v) is 11.2. The lowest BCUT2D eigenvalue weighted by molar-refractivity contribution is -0.150. The Morgan fingerprint density at radius 3 is 2.00 bits per heavy atom. The number of carbonyl (C=O) groups is 2. The van der Waals surface area contributed by atoms with Gasteiger partial charge in [0.25, 0.3) is 0 Å². The van der Waals surface area contributed by atoms with Gasteiger partial charge in [0, 0.05) is 19.0 Å². The van der Waals surface area contributed by atoms with Crippen molar-refractivity contribution in [2.75, 3.05) is 13.1 Å². The van der Waals surface area contributed by atoms with Gasteiger partial charge in [0.2, 0.25) is 5.91 Å². The van der Waals surface area contributed by atoms with E-state index in [0.29, 0.717) is 6.54 Å². The molecular weight excluding hydrogens is 222 g/mol. The molecule has 0 aromatic carbocycles. The van der Waals surface area contributed by atoms with Gasteiger partial charge in [-0.3, -0.25) is 9.59 Å². The maximum absolute atomic E-state index is 12.0. The molecule has 0 bridgehead atoms. The molecule has 0 fully saturated rings. The zero-order chi connectivity index (χ0) is 13.8. The minimum atomic E-state index is -0.981. The first kappa shape index (κ1) is 15.9. The first-order valence-corrected chi connectivity index (χ1v) is 5.84. The predicted molar refractivity (Wildman–Crippen MR) is 64.5 cm³/mol. The summed E-state index contributed by atoms with van der Waals surface area (Å²) in [5.74, 6) is -2.53. The predicted octanol–water partition coefficient (Wildman–Crippen LogP) is 0.963. The Balaban J connectivity index is 4.70. The van der Waals surface area contributed by atoms with E-state index in [9.17, 15) is 14.7 Å². The van der Waals surface area contributed by atoms with E-state index in [1.165, 1.54) is 11.8 Å². The lowest BCUT2D eigenvalue weighted by Crippen LogP contribution is -2.45. The molecule has 5 nitrogen and oxygen atoms in total. The van der Waals surface area contributed by atoms with Gasteiger partial charge in [0.05, 0.1) is 11.5 Å². The highest BCUT2D eigenvalue weighted by Crippen LogP contribution is 2.16. The summed E-state index contributed by atoms with van der Waals surface area (Å²) in [4.78, 5) is 24.4. The molecule has 0 saturated carbocycles. The standard InChI is InChI=1S/C12H23NO4/c1-6-13(7-12(4,5)17)10(14)8(2)9(3)11(15)16/h8-9,17H,6-7H2,1-5H3,(H,15,16). The molecule has 2 N–H and O–H groups in total. The van der Waals surface area contributed by atoms with E-state index >= 15 is 0 Å². The molecule has 5 heteroatoms. The van der Waals surface area contributed by atoms with E-state index in [1.54, 1.807) is 20.8 Å². The molecule has 2 atom stereocenters. The molecule has 0 heterocycles. The molecule has 0 aromatic heterocycles. The molecule has 1 amide bonds. The number of nitrogens with zero attached hydrogens (tertiary/aromatic N) is 1. The molecule has 2 unspecified atom stereocenters. The third kappa shape index (κ3) is 5.17. The number of rotatable bonds is 6. The number of carboxylic acid groups (broad SMARTS) is 1. The molecule has 0 aliphatic rings. The zero-order valence-electron chi connectivity index (χ0n) is 11.2. The normalized spacial score (nSPS) is 15.2. The average molecular weight is 245 g/mol. The number of aliphatic carboxylic acids is 1. The quantitative estimate of drug-likeness (QED) is 0.730. The van der Waals surface area contributed by atoms with Crippen LogP contribution in [0.3, 0.4) is 0 Å². The monoisotopic (exact) mass is 245 g/mol. The maximum atomic E-state index is 12.0. The molecule has 0 aliphatic heterocycles. The van der Waals surface area contributed by atoms with Gasteiger partial charge >= 0.3 is 5.97 Å². The molecule has 17 heavy (non-hydrogen) atoms. The van der Waals surface area contributed by atoms with Crippen LogP contribution in [0.2, 0.25) is 0 Å². The average Bonchev–Trinajstić information content (AvgIpc) is 2.21. The van der Waals surface area contributed by atoms with E-state index in [0.717, 1.165) is 0 Å². The molecule has 0 spiro atoms. The van der Waals surface area contributed by atoms with E-state index in [4.69, 9.17) is 5.11 Å². The van der Waals surface area contributed by atoms with Crippen molar-refractivity contribution in [2.24, 2.45) is 11.8 Å². The van der Waals surface area contributed by atoms with E-state index in [-0.39, 0.29) is 12.5 Å². The van der Waals surface area contributed by atoms with Crippen molar-refractivity contribution < 1.29 is 19.8 Å². The fourth-order valence-electron chi connectivity index (χ4n) is 1.53. The van der Waals surface area contributed by atoms with Crippen LogP contribution in [-0.4, -0.2) is 45.7 Å². The van der Waals surface area contributed by atoms with Crippen LogP contribution < -0.4 is 0 Å². The third-order valence-electron chi connectivity index (χ3n) is 2.80. The Kier molecular flexibility index (Phi) is 5.61. The molecule has 0 radical (unpaired) electrons. The lowest BCUT2D eigenvalue weighted by atomic mass is 9.94. The highest BCUT2D eigenvalue weighted by molar-refractivity contribution is 5.84. The van der Waals surface area contributed by atoms with E-state index < -0.39 is 23.4 Å². The summed E-state index contributed by atoms with van der Waals surface area (Å²) in [6.45, 7) is 8.83. The van der Waals surface area contributed by atoms with Crippen LogP contribution in [0.15, 0.2) is 0 Å². The van der Waals surface area contributed by atoms with Crippen molar-refractivity contribution in [1.29, 1.82) is 0 Å². The Bertz CT molecular complexity index is 283. The summed E-state index contributed by atoms with van der Waals surface area (Å²) in [5.41, 5.74) is -0.974. The third-order valence-corrected chi connectivity index (χ3v) is 2.80. The van der Waals surface area contributed by atoms with Crippen molar-refractivity contribution in [3.05, 3.63) is 0 Å². The highest BCUT2D eigenvalue weighted by atomic mass is 16.4. The van der Waals surface area contributed by atoms with Crippen LogP contribution in [0.4, 0.5) is 0 Å². The SMILES string of the molecule is CCN(CC(C)(C)O)C(=O)C(C)C(C)C(=O)O. The first-order valence-electron chi connectivity index (χ1n) is 5.84. The van der Waals surface area contributed by atoms with Crippen molar-refractivity contribution in [3.8, 4) is 0 Å². The van der Waals surface area contributed by atoms with Gasteiger partial charge in [-0.1, -0.05) is 13.8 Å². The fraction of sp³-hybridized carbons (Fsp3) is 0.833. The van der Waals surface area contributed by atoms with Crippen LogP contribution in [0.5, 0.6) is 0 Å². The van der Waals surface area contributed by atoms with Gasteiger partial charge in [-0.15, -0.1) is 0 Å². The number of likely N-dealkylation sites (N-methyl/N-ethyl adjacent to an activating group) is 1. The Morgan fingerprint density at radius 2 is 1.71 bits per heavy atom. The second kappa shape index (κ2) is 6.00. The van der Waals surface area contributed by atoms with Gasteiger partial charge in [-0.05, 0) is 20.8 Å². The topological polar surface area (TPSA) is 77.8 Å². The van der Waals surface area contributed by atoms with Crippen molar-refractivity contribution >= 4 is 11.9 Å². The van der Waals surface area contributed by atoms with Crippen LogP contribution in [-0.2, 0) is 9.59 Å². The Hall–Kier alpha value is -1.10. The minimum absolute atomic E-state index is 0.207. The summed E-state index contributed by atoms with van der Waals surface area (Å²) in [6, 6.07) is 0. The molecule has 100 valence electrons. The van der Waals surface area contributed by atoms with Gasteiger partial charge in [0.1, 0.15) is 0 Å². The second-order valence-electron chi connectivity index (χ2n) is 5.08. The minimum Gasteiger partial charge on any atom is -0.481 e. The highest BCUT2D eigenvalue weighted by Gasteiger charge is 2.30. The van der Waals surface area contributed by atoms with Crippen LogP contribution in [0.25, 0.3) is 0 Å². The molecule has 0 aromatic rings. The Morgan fingerprint density at radius 1 is 1.24 bits per heavy atom. The first-order chi connectivity index (χ1) is 7.60. The van der Waals surface area contributed by atoms with Gasteiger partial charge in [-0.25, -0.2) is 0 Å². The van der Waals surface area contributed by atoms with Crippen molar-refractivity contribution in [1.82, 2.24) is 4.90 Å². The summed E-state index contributed by atoms with van der Waals surface area (Å²) in [6.07, 6.45) is 0. The number of carboxylic acids is 1. The van der Waals surface area contributed by atoms with E-state index in [1.807, 2.05) is 6.92 Å². The lowest BCUT2D eigenvalue weighted by Gasteiger charge is -2.31. The molecular formula is C12H23NO4. The summed E-state index contributed by atoms with van der Waals surface area (Å²) in [5, 5.41) is 18.6. The maximum Gasteiger partial charge on any atom is 0.307 e. The summed E-state index contributed by atoms with van der Waals surface area (Å²) < 4.78 is 0. The number of aliphatic hydroxyl groups is 1. The number of carbonyl (C=O) groups excluding carboxylic acids is 1. The largest absolute Gasteiger partial charge is 0.481 e. The van der Waals surface area contributed by atoms with Gasteiger partial charge in [-0.2, -0.15) is 0 Å². The molecule has 0 aliphatic carbocycles. The smallest absolute Gasteiger partial charge is 0.307 e. The Labute approximate surface area is 102 Å². The van der Waals surface area contributed by atoms with Crippen LogP contribution in [0.1, 0.15) is 34.6 Å². The van der Waals surface area contributed by atoms with Gasteiger partial charge in [0.15, 0.2) is 0 Å². The summed E-state index contributed by atoms with van der Waals surface area (Å²) >= 11 is 0. The molecule has 0 rings (SSSR count).